The summed E-state index contributed by atoms with van der Waals surface area (Å²) < 4.78 is 5.11. The normalized spacial score (nSPS) is 12.5. The highest BCUT2D eigenvalue weighted by molar-refractivity contribution is 5.89. The summed E-state index contributed by atoms with van der Waals surface area (Å²) in [4.78, 5) is 46.6. The minimum Gasteiger partial charge on any atom is -0.480 e. The zero-order valence-electron chi connectivity index (χ0n) is 16.5. The number of carbonyl (C=O) groups is 4. The molecule has 10 nitrogen and oxygen atoms in total. The summed E-state index contributed by atoms with van der Waals surface area (Å²) in [7, 11) is 0. The van der Waals surface area contributed by atoms with Crippen molar-refractivity contribution in [3.05, 3.63) is 35.9 Å². The molecule has 0 bridgehead atoms. The molecule has 0 saturated heterocycles. The molecule has 1 unspecified atom stereocenters. The number of carboxylic acids is 1. The van der Waals surface area contributed by atoms with E-state index in [2.05, 4.69) is 16.0 Å². The number of benzene rings is 1. The molecule has 0 heterocycles. The lowest BCUT2D eigenvalue weighted by atomic mass is 10.0. The van der Waals surface area contributed by atoms with Crippen molar-refractivity contribution in [2.24, 2.45) is 11.7 Å². The van der Waals surface area contributed by atoms with Crippen LogP contribution in [0.1, 0.15) is 32.3 Å². The maximum absolute atomic E-state index is 12.5. The van der Waals surface area contributed by atoms with Gasteiger partial charge in [0.05, 0.1) is 0 Å². The number of carboxylic acid groups (broad SMARTS) is 1. The van der Waals surface area contributed by atoms with E-state index in [4.69, 9.17) is 10.5 Å². The van der Waals surface area contributed by atoms with Crippen molar-refractivity contribution < 1.29 is 29.0 Å². The monoisotopic (exact) mass is 408 g/mol. The van der Waals surface area contributed by atoms with Crippen molar-refractivity contribution >= 4 is 24.0 Å². The molecule has 0 aliphatic carbocycles. The predicted molar refractivity (Wildman–Crippen MR) is 105 cm³/mol. The summed E-state index contributed by atoms with van der Waals surface area (Å²) in [6.07, 6.45) is -0.385. The number of urea groups is 1. The minimum absolute atomic E-state index is 0.0454. The molecule has 0 fully saturated rings. The smallest absolute Gasteiger partial charge is 0.408 e. The third kappa shape index (κ3) is 9.45. The first-order valence-electron chi connectivity index (χ1n) is 9.24. The molecular formula is C19H28N4O6. The average Bonchev–Trinajstić information content (AvgIpc) is 2.66. The molecule has 6 N–H and O–H groups in total. The Kier molecular flexibility index (Phi) is 10.00. The van der Waals surface area contributed by atoms with Crippen molar-refractivity contribution in [1.82, 2.24) is 16.0 Å². The van der Waals surface area contributed by atoms with E-state index in [-0.39, 0.29) is 25.5 Å². The van der Waals surface area contributed by atoms with E-state index in [1.807, 2.05) is 18.2 Å². The van der Waals surface area contributed by atoms with Gasteiger partial charge in [-0.15, -0.1) is 0 Å². The Morgan fingerprint density at radius 1 is 1.10 bits per heavy atom. The first-order valence-corrected chi connectivity index (χ1v) is 9.24. The Morgan fingerprint density at radius 3 is 2.31 bits per heavy atom. The second-order valence-corrected chi connectivity index (χ2v) is 6.76. The number of carbonyl (C=O) groups excluding carboxylic acids is 3. The van der Waals surface area contributed by atoms with Crippen LogP contribution in [0.4, 0.5) is 9.59 Å². The molecule has 2 atom stereocenters. The number of aliphatic carboxylic acids is 1. The Morgan fingerprint density at radius 2 is 1.76 bits per heavy atom. The van der Waals surface area contributed by atoms with Crippen molar-refractivity contribution in [1.29, 1.82) is 0 Å². The fraction of sp³-hybridized carbons (Fsp3) is 0.474. The van der Waals surface area contributed by atoms with Crippen molar-refractivity contribution in [3.8, 4) is 0 Å². The van der Waals surface area contributed by atoms with E-state index in [0.29, 0.717) is 6.42 Å². The quantitative estimate of drug-likeness (QED) is 0.343. The van der Waals surface area contributed by atoms with Gasteiger partial charge in [-0.2, -0.15) is 0 Å². The lowest BCUT2D eigenvalue weighted by Crippen LogP contribution is -2.53. The lowest BCUT2D eigenvalue weighted by molar-refractivity contribution is -0.142. The van der Waals surface area contributed by atoms with Crippen LogP contribution in [0.5, 0.6) is 0 Å². The second kappa shape index (κ2) is 12.2. The third-order valence-corrected chi connectivity index (χ3v) is 4.02. The van der Waals surface area contributed by atoms with Gasteiger partial charge in [-0.25, -0.2) is 14.4 Å². The molecule has 0 spiro atoms. The van der Waals surface area contributed by atoms with Crippen molar-refractivity contribution in [3.63, 3.8) is 0 Å². The van der Waals surface area contributed by atoms with Gasteiger partial charge in [0.2, 0.25) is 5.91 Å². The number of ether oxygens (including phenoxy) is 1. The molecule has 0 aliphatic rings. The molecule has 0 aromatic heterocycles. The number of primary amides is 1. The summed E-state index contributed by atoms with van der Waals surface area (Å²) in [6.45, 7) is 3.67. The first-order chi connectivity index (χ1) is 13.7. The van der Waals surface area contributed by atoms with Crippen LogP contribution in [0, 0.1) is 5.92 Å². The molecule has 10 heteroatoms. The Hall–Kier alpha value is -3.30. The highest BCUT2D eigenvalue weighted by Crippen LogP contribution is 2.06. The Labute approximate surface area is 169 Å². The van der Waals surface area contributed by atoms with Crippen LogP contribution in [0.15, 0.2) is 30.3 Å². The van der Waals surface area contributed by atoms with Gasteiger partial charge in [-0.3, -0.25) is 4.79 Å². The van der Waals surface area contributed by atoms with Gasteiger partial charge in [0.15, 0.2) is 0 Å². The fourth-order valence-corrected chi connectivity index (χ4v) is 2.46. The summed E-state index contributed by atoms with van der Waals surface area (Å²) in [5, 5.41) is 16.5. The number of hydrogen-bond donors (Lipinski definition) is 5. The van der Waals surface area contributed by atoms with Crippen LogP contribution in [0.2, 0.25) is 0 Å². The van der Waals surface area contributed by atoms with Crippen LogP contribution in [-0.2, 0) is 20.9 Å². The number of nitrogens with one attached hydrogen (secondary N) is 3. The fourth-order valence-electron chi connectivity index (χ4n) is 2.46. The topological polar surface area (TPSA) is 160 Å². The van der Waals surface area contributed by atoms with Gasteiger partial charge < -0.3 is 31.5 Å². The summed E-state index contributed by atoms with van der Waals surface area (Å²) in [5.41, 5.74) is 5.74. The molecular weight excluding hydrogens is 380 g/mol. The number of alkyl carbamates (subject to hydrolysis) is 1. The van der Waals surface area contributed by atoms with Crippen LogP contribution < -0.4 is 21.7 Å². The van der Waals surface area contributed by atoms with Gasteiger partial charge in [-0.05, 0) is 24.3 Å². The highest BCUT2D eigenvalue weighted by atomic mass is 16.5. The third-order valence-electron chi connectivity index (χ3n) is 4.02. The first kappa shape index (κ1) is 23.7. The molecule has 160 valence electrons. The number of nitrogens with two attached hydrogens (primary N) is 1. The van der Waals surface area contributed by atoms with Gasteiger partial charge in [0.1, 0.15) is 18.7 Å². The van der Waals surface area contributed by atoms with E-state index >= 15 is 0 Å². The van der Waals surface area contributed by atoms with E-state index in [1.54, 1.807) is 26.0 Å². The van der Waals surface area contributed by atoms with Crippen molar-refractivity contribution in [2.75, 3.05) is 6.54 Å². The van der Waals surface area contributed by atoms with Gasteiger partial charge in [-0.1, -0.05) is 44.2 Å². The molecule has 29 heavy (non-hydrogen) atoms. The zero-order valence-corrected chi connectivity index (χ0v) is 16.5. The molecule has 1 aromatic carbocycles. The highest BCUT2D eigenvalue weighted by Gasteiger charge is 2.28. The SMILES string of the molecule is CC(C)C(NC(=O)OCc1ccccc1)C(=O)N[C@@H](CCCNC(N)=O)C(=O)O. The van der Waals surface area contributed by atoms with E-state index in [1.165, 1.54) is 0 Å². The summed E-state index contributed by atoms with van der Waals surface area (Å²) in [5.74, 6) is -2.15. The van der Waals surface area contributed by atoms with E-state index in [0.717, 1.165) is 5.56 Å². The van der Waals surface area contributed by atoms with E-state index < -0.39 is 36.1 Å². The second-order valence-electron chi connectivity index (χ2n) is 6.76. The standard InChI is InChI=1S/C19H28N4O6/c1-12(2)15(23-19(28)29-11-13-7-4-3-5-8-13)16(24)22-14(17(25)26)9-6-10-21-18(20)27/h3-5,7-8,12,14-15H,6,9-11H2,1-2H3,(H,22,24)(H,23,28)(H,25,26)(H3,20,21,27)/t14-,15?/m0/s1. The average molecular weight is 408 g/mol. The van der Waals surface area contributed by atoms with Crippen LogP contribution >= 0.6 is 0 Å². The summed E-state index contributed by atoms with van der Waals surface area (Å²) in [6, 6.07) is 6.21. The van der Waals surface area contributed by atoms with Gasteiger partial charge in [0.25, 0.3) is 0 Å². The van der Waals surface area contributed by atoms with Crippen LogP contribution in [0.25, 0.3) is 0 Å². The van der Waals surface area contributed by atoms with Crippen LogP contribution in [0.3, 0.4) is 0 Å². The summed E-state index contributed by atoms with van der Waals surface area (Å²) >= 11 is 0. The molecule has 1 aromatic rings. The Bertz CT molecular complexity index is 695. The number of rotatable bonds is 11. The molecule has 4 amide bonds. The largest absolute Gasteiger partial charge is 0.480 e. The number of hydrogen-bond acceptors (Lipinski definition) is 5. The van der Waals surface area contributed by atoms with E-state index in [9.17, 15) is 24.3 Å². The van der Waals surface area contributed by atoms with Gasteiger partial charge in [0, 0.05) is 6.54 Å². The maximum atomic E-state index is 12.5. The number of amides is 4. The zero-order chi connectivity index (χ0) is 21.8. The lowest BCUT2D eigenvalue weighted by Gasteiger charge is -2.23. The minimum atomic E-state index is -1.22. The molecule has 0 aliphatic heterocycles. The van der Waals surface area contributed by atoms with Crippen molar-refractivity contribution in [2.45, 2.75) is 45.4 Å². The molecule has 0 radical (unpaired) electrons. The Balaban J connectivity index is 2.58. The molecule has 1 rings (SSSR count). The van der Waals surface area contributed by atoms with Crippen LogP contribution in [-0.4, -0.2) is 47.7 Å². The van der Waals surface area contributed by atoms with Gasteiger partial charge >= 0.3 is 18.1 Å². The maximum Gasteiger partial charge on any atom is 0.408 e. The predicted octanol–water partition coefficient (Wildman–Crippen LogP) is 0.955. The molecule has 0 saturated carbocycles.